The zero-order valence-corrected chi connectivity index (χ0v) is 26.2. The van der Waals surface area contributed by atoms with Crippen LogP contribution in [0.3, 0.4) is 0 Å². The van der Waals surface area contributed by atoms with Crippen LogP contribution in [0.2, 0.25) is 0 Å². The first kappa shape index (κ1) is 31.3. The van der Waals surface area contributed by atoms with Crippen LogP contribution in [-0.2, 0) is 22.6 Å². The lowest BCUT2D eigenvalue weighted by atomic mass is 9.97. The Kier molecular flexibility index (Phi) is 10.7. The van der Waals surface area contributed by atoms with Crippen LogP contribution < -0.4 is 5.32 Å². The molecule has 4 aromatic rings. The maximum absolute atomic E-state index is 13.4. The molecule has 2 aromatic heterocycles. The summed E-state index contributed by atoms with van der Waals surface area (Å²) in [4.78, 5) is 32.2. The number of piperidine rings is 1. The fourth-order valence-corrected chi connectivity index (χ4v) is 5.83. The van der Waals surface area contributed by atoms with Gasteiger partial charge in [0.25, 0.3) is 5.91 Å². The molecule has 234 valence electrons. The first-order valence-electron chi connectivity index (χ1n) is 15.8. The summed E-state index contributed by atoms with van der Waals surface area (Å²) in [6, 6.07) is 16.6. The van der Waals surface area contributed by atoms with Crippen molar-refractivity contribution >= 4 is 22.8 Å². The van der Waals surface area contributed by atoms with Crippen LogP contribution in [0.5, 0.6) is 0 Å². The number of carbonyl (C=O) groups excluding carboxylic acids is 2. The number of rotatable bonds is 13. The molecule has 0 saturated carbocycles. The fourth-order valence-electron chi connectivity index (χ4n) is 5.83. The highest BCUT2D eigenvalue weighted by Crippen LogP contribution is 2.31. The third-order valence-corrected chi connectivity index (χ3v) is 8.42. The first-order chi connectivity index (χ1) is 21.4. The molecule has 0 atom stereocenters. The highest BCUT2D eigenvalue weighted by Gasteiger charge is 2.25. The lowest BCUT2D eigenvalue weighted by molar-refractivity contribution is 0.0825. The van der Waals surface area contributed by atoms with Crippen molar-refractivity contribution in [1.82, 2.24) is 24.3 Å². The second-order valence-corrected chi connectivity index (χ2v) is 12.1. The number of nitrogens with one attached hydrogen (secondary N) is 1. The van der Waals surface area contributed by atoms with E-state index in [1.165, 1.54) is 0 Å². The van der Waals surface area contributed by atoms with Gasteiger partial charge < -0.3 is 28.8 Å². The van der Waals surface area contributed by atoms with Gasteiger partial charge in [-0.05, 0) is 59.9 Å². The van der Waals surface area contributed by atoms with Gasteiger partial charge in [0.15, 0.2) is 0 Å². The van der Waals surface area contributed by atoms with Gasteiger partial charge in [-0.3, -0.25) is 4.79 Å². The molecular formula is C35H45N5O4. The molecule has 2 amide bonds. The van der Waals surface area contributed by atoms with Gasteiger partial charge in [0.2, 0.25) is 0 Å². The third kappa shape index (κ3) is 7.88. The molecule has 0 radical (unpaired) electrons. The van der Waals surface area contributed by atoms with Crippen molar-refractivity contribution in [3.8, 4) is 11.1 Å². The molecule has 0 bridgehead atoms. The minimum absolute atomic E-state index is 0.105. The maximum atomic E-state index is 13.4. The molecule has 9 heteroatoms. The summed E-state index contributed by atoms with van der Waals surface area (Å²) in [6.07, 6.45) is 9.11. The Morgan fingerprint density at radius 2 is 1.84 bits per heavy atom. The van der Waals surface area contributed by atoms with E-state index in [4.69, 9.17) is 9.47 Å². The van der Waals surface area contributed by atoms with Crippen LogP contribution in [0.15, 0.2) is 67.3 Å². The van der Waals surface area contributed by atoms with Gasteiger partial charge in [-0.2, -0.15) is 0 Å². The van der Waals surface area contributed by atoms with E-state index in [9.17, 15) is 9.59 Å². The van der Waals surface area contributed by atoms with Crippen molar-refractivity contribution in [3.63, 3.8) is 0 Å². The van der Waals surface area contributed by atoms with Crippen molar-refractivity contribution in [2.75, 3.05) is 40.0 Å². The summed E-state index contributed by atoms with van der Waals surface area (Å²) < 4.78 is 14.9. The van der Waals surface area contributed by atoms with Crippen molar-refractivity contribution in [2.45, 2.75) is 52.6 Å². The largest absolute Gasteiger partial charge is 0.449 e. The predicted molar refractivity (Wildman–Crippen MR) is 173 cm³/mol. The molecule has 3 heterocycles. The molecule has 9 nitrogen and oxygen atoms in total. The SMILES string of the molecule is COCCCNC(=O)c1cc(-c2cccc3ccccc23)cn1Cc1cncn1CC1CCN(C(=O)OCCC(C)C)CC1. The second-order valence-electron chi connectivity index (χ2n) is 12.1. The Labute approximate surface area is 260 Å². The molecule has 1 N–H and O–H groups in total. The summed E-state index contributed by atoms with van der Waals surface area (Å²) >= 11 is 0. The highest BCUT2D eigenvalue weighted by atomic mass is 16.6. The Morgan fingerprint density at radius 1 is 1.05 bits per heavy atom. The van der Waals surface area contributed by atoms with Gasteiger partial charge in [-0.1, -0.05) is 56.3 Å². The molecule has 44 heavy (non-hydrogen) atoms. The van der Waals surface area contributed by atoms with Crippen LogP contribution in [0.25, 0.3) is 21.9 Å². The lowest BCUT2D eigenvalue weighted by Gasteiger charge is -2.31. The summed E-state index contributed by atoms with van der Waals surface area (Å²) in [6.45, 7) is 8.62. The number of carbonyl (C=O) groups is 2. The number of fused-ring (bicyclic) bond motifs is 1. The van der Waals surface area contributed by atoms with E-state index in [0.717, 1.165) is 59.8 Å². The standard InChI is InChI=1S/C35H45N5O4/c1-26(2)14-19-44-35(42)38-16-12-27(13-17-38)22-40-25-36-21-30(40)24-39-23-29(20-33(39)34(41)37-15-7-18-43-3)32-11-6-9-28-8-4-5-10-31(28)32/h4-6,8-11,20-21,23,25-27H,7,12-19,22,24H2,1-3H3,(H,37,41). The van der Waals surface area contributed by atoms with Crippen molar-refractivity contribution < 1.29 is 19.1 Å². The Morgan fingerprint density at radius 3 is 2.64 bits per heavy atom. The van der Waals surface area contributed by atoms with Crippen LogP contribution in [0.4, 0.5) is 4.79 Å². The Balaban J connectivity index is 1.30. The van der Waals surface area contributed by atoms with Gasteiger partial charge in [-0.25, -0.2) is 9.78 Å². The molecule has 5 rings (SSSR count). The van der Waals surface area contributed by atoms with E-state index in [1.54, 1.807) is 7.11 Å². The molecule has 0 aliphatic carbocycles. The van der Waals surface area contributed by atoms with Gasteiger partial charge in [0.1, 0.15) is 5.69 Å². The number of methoxy groups -OCH3 is 1. The molecule has 0 unspecified atom stereocenters. The van der Waals surface area contributed by atoms with Crippen molar-refractivity contribution in [3.05, 3.63) is 78.6 Å². The summed E-state index contributed by atoms with van der Waals surface area (Å²) in [5.41, 5.74) is 3.75. The van der Waals surface area contributed by atoms with Crippen molar-refractivity contribution in [1.29, 1.82) is 0 Å². The Hall–Kier alpha value is -4.11. The highest BCUT2D eigenvalue weighted by molar-refractivity contribution is 5.99. The van der Waals surface area contributed by atoms with Gasteiger partial charge in [0, 0.05) is 57.9 Å². The number of hydrogen-bond donors (Lipinski definition) is 1. The normalized spacial score (nSPS) is 14.0. The molecular weight excluding hydrogens is 554 g/mol. The number of aromatic nitrogens is 3. The smallest absolute Gasteiger partial charge is 0.409 e. The monoisotopic (exact) mass is 599 g/mol. The topological polar surface area (TPSA) is 90.6 Å². The quantitative estimate of drug-likeness (QED) is 0.185. The van der Waals surface area contributed by atoms with E-state index in [-0.39, 0.29) is 12.0 Å². The molecule has 1 aliphatic heterocycles. The first-order valence-corrected chi connectivity index (χ1v) is 15.8. The number of hydrogen-bond acceptors (Lipinski definition) is 5. The van der Waals surface area contributed by atoms with E-state index in [0.29, 0.717) is 56.9 Å². The van der Waals surface area contributed by atoms with Crippen molar-refractivity contribution in [2.24, 2.45) is 11.8 Å². The van der Waals surface area contributed by atoms with Crippen LogP contribution in [0.1, 0.15) is 55.7 Å². The summed E-state index contributed by atoms with van der Waals surface area (Å²) in [5.74, 6) is 0.842. The molecule has 2 aromatic carbocycles. The van der Waals surface area contributed by atoms with Crippen LogP contribution in [-0.4, -0.2) is 71.0 Å². The molecule has 1 saturated heterocycles. The van der Waals surface area contributed by atoms with Gasteiger partial charge in [0.05, 0.1) is 25.2 Å². The van der Waals surface area contributed by atoms with Crippen LogP contribution >= 0.6 is 0 Å². The minimum atomic E-state index is -0.199. The number of likely N-dealkylation sites (tertiary alicyclic amines) is 1. The second kappa shape index (κ2) is 15.1. The van der Waals surface area contributed by atoms with E-state index >= 15 is 0 Å². The minimum Gasteiger partial charge on any atom is -0.449 e. The van der Waals surface area contributed by atoms with Gasteiger partial charge >= 0.3 is 6.09 Å². The summed E-state index contributed by atoms with van der Waals surface area (Å²) in [5, 5.41) is 5.38. The average molecular weight is 600 g/mol. The molecule has 1 fully saturated rings. The van der Waals surface area contributed by atoms with Gasteiger partial charge in [-0.15, -0.1) is 0 Å². The van der Waals surface area contributed by atoms with E-state index in [1.807, 2.05) is 40.2 Å². The van der Waals surface area contributed by atoms with Crippen LogP contribution in [0, 0.1) is 11.8 Å². The van der Waals surface area contributed by atoms with E-state index in [2.05, 4.69) is 65.2 Å². The predicted octanol–water partition coefficient (Wildman–Crippen LogP) is 6.21. The average Bonchev–Trinajstić information content (AvgIpc) is 3.66. The summed E-state index contributed by atoms with van der Waals surface area (Å²) in [7, 11) is 1.67. The van der Waals surface area contributed by atoms with E-state index < -0.39 is 0 Å². The maximum Gasteiger partial charge on any atom is 0.409 e. The zero-order chi connectivity index (χ0) is 30.9. The molecule has 0 spiro atoms. The number of benzene rings is 2. The molecule has 1 aliphatic rings. The number of ether oxygens (including phenoxy) is 2. The number of amides is 2. The zero-order valence-electron chi connectivity index (χ0n) is 26.2. The lowest BCUT2D eigenvalue weighted by Crippen LogP contribution is -2.39. The third-order valence-electron chi connectivity index (χ3n) is 8.42. The fraction of sp³-hybridized carbons (Fsp3) is 0.457. The Bertz CT molecular complexity index is 1530. The number of imidazole rings is 1. The number of nitrogens with zero attached hydrogens (tertiary/aromatic N) is 4.